The van der Waals surface area contributed by atoms with E-state index in [0.29, 0.717) is 12.1 Å². The van der Waals surface area contributed by atoms with Gasteiger partial charge in [0.25, 0.3) is 0 Å². The van der Waals surface area contributed by atoms with Crippen LogP contribution in [0.3, 0.4) is 0 Å². The summed E-state index contributed by atoms with van der Waals surface area (Å²) in [6.45, 7) is 3.36. The number of fused-ring (bicyclic) bond motifs is 1. The number of hydrogen-bond donors (Lipinski definition) is 0. The summed E-state index contributed by atoms with van der Waals surface area (Å²) in [5.74, 6) is 2.17. The van der Waals surface area contributed by atoms with Crippen molar-refractivity contribution >= 4 is 5.84 Å². The fourth-order valence-electron chi connectivity index (χ4n) is 2.33. The minimum Gasteiger partial charge on any atom is -0.351 e. The van der Waals surface area contributed by atoms with Crippen LogP contribution in [0.2, 0.25) is 0 Å². The van der Waals surface area contributed by atoms with Crippen LogP contribution in [0, 0.1) is 5.92 Å². The van der Waals surface area contributed by atoms with Gasteiger partial charge in [-0.2, -0.15) is 0 Å². The summed E-state index contributed by atoms with van der Waals surface area (Å²) in [5, 5.41) is 0. The molecule has 1 saturated carbocycles. The SMILES string of the molecule is CC1=NC2C=CC=CC2N1CC1CC1. The zero-order valence-corrected chi connectivity index (χ0v) is 8.56. The molecule has 2 nitrogen and oxygen atoms in total. The first-order valence-electron chi connectivity index (χ1n) is 5.50. The van der Waals surface area contributed by atoms with Crippen LogP contribution in [-0.2, 0) is 0 Å². The number of amidine groups is 1. The van der Waals surface area contributed by atoms with Crippen LogP contribution in [0.1, 0.15) is 19.8 Å². The standard InChI is InChI=1S/C12H16N2/c1-9-13-11-4-2-3-5-12(11)14(9)8-10-6-7-10/h2-5,10-12H,6-8H2,1H3. The molecule has 2 heteroatoms. The van der Waals surface area contributed by atoms with Crippen LogP contribution < -0.4 is 0 Å². The Morgan fingerprint density at radius 3 is 2.93 bits per heavy atom. The smallest absolute Gasteiger partial charge is 0.0971 e. The predicted molar refractivity (Wildman–Crippen MR) is 58.4 cm³/mol. The molecule has 0 spiro atoms. The van der Waals surface area contributed by atoms with Crippen molar-refractivity contribution < 1.29 is 0 Å². The zero-order chi connectivity index (χ0) is 9.54. The van der Waals surface area contributed by atoms with Gasteiger partial charge in [-0.05, 0) is 25.7 Å². The molecule has 0 saturated heterocycles. The highest BCUT2D eigenvalue weighted by atomic mass is 15.3. The zero-order valence-electron chi connectivity index (χ0n) is 8.56. The quantitative estimate of drug-likeness (QED) is 0.647. The molecule has 0 aromatic heterocycles. The van der Waals surface area contributed by atoms with E-state index in [4.69, 9.17) is 0 Å². The number of nitrogens with zero attached hydrogens (tertiary/aromatic N) is 2. The molecule has 2 aliphatic carbocycles. The van der Waals surface area contributed by atoms with E-state index in [1.165, 1.54) is 25.2 Å². The Kier molecular flexibility index (Phi) is 1.76. The molecule has 2 unspecified atom stereocenters. The average molecular weight is 188 g/mol. The molecule has 0 aromatic carbocycles. The first kappa shape index (κ1) is 8.27. The molecule has 0 N–H and O–H groups in total. The molecule has 0 radical (unpaired) electrons. The fraction of sp³-hybridized carbons (Fsp3) is 0.583. The van der Waals surface area contributed by atoms with E-state index in [2.05, 4.69) is 41.1 Å². The van der Waals surface area contributed by atoms with Crippen LogP contribution in [0.25, 0.3) is 0 Å². The van der Waals surface area contributed by atoms with E-state index in [9.17, 15) is 0 Å². The fourth-order valence-corrected chi connectivity index (χ4v) is 2.33. The summed E-state index contributed by atoms with van der Waals surface area (Å²) in [6, 6.07) is 0.902. The van der Waals surface area contributed by atoms with Crippen LogP contribution in [0.15, 0.2) is 29.3 Å². The summed E-state index contributed by atoms with van der Waals surface area (Å²) in [6.07, 6.45) is 11.6. The molecule has 3 aliphatic rings. The lowest BCUT2D eigenvalue weighted by Gasteiger charge is -2.27. The highest BCUT2D eigenvalue weighted by Gasteiger charge is 2.35. The highest BCUT2D eigenvalue weighted by molar-refractivity contribution is 5.83. The van der Waals surface area contributed by atoms with Gasteiger partial charge in [-0.3, -0.25) is 4.99 Å². The topological polar surface area (TPSA) is 15.6 Å². The Morgan fingerprint density at radius 1 is 1.36 bits per heavy atom. The summed E-state index contributed by atoms with van der Waals surface area (Å²) < 4.78 is 0. The van der Waals surface area contributed by atoms with Gasteiger partial charge in [0, 0.05) is 6.54 Å². The van der Waals surface area contributed by atoms with Crippen molar-refractivity contribution in [3.8, 4) is 0 Å². The van der Waals surface area contributed by atoms with Crippen LogP contribution in [0.5, 0.6) is 0 Å². The largest absolute Gasteiger partial charge is 0.351 e. The van der Waals surface area contributed by atoms with Crippen LogP contribution >= 0.6 is 0 Å². The molecule has 14 heavy (non-hydrogen) atoms. The molecule has 0 bridgehead atoms. The van der Waals surface area contributed by atoms with Gasteiger partial charge in [-0.25, -0.2) is 0 Å². The predicted octanol–water partition coefficient (Wildman–Crippen LogP) is 1.99. The maximum atomic E-state index is 4.68. The third kappa shape index (κ3) is 1.29. The van der Waals surface area contributed by atoms with Gasteiger partial charge in [0.1, 0.15) is 0 Å². The second-order valence-electron chi connectivity index (χ2n) is 4.52. The minimum atomic E-state index is 0.388. The van der Waals surface area contributed by atoms with Gasteiger partial charge in [-0.15, -0.1) is 0 Å². The average Bonchev–Trinajstić information content (AvgIpc) is 2.93. The van der Waals surface area contributed by atoms with Crippen molar-refractivity contribution in [3.05, 3.63) is 24.3 Å². The normalized spacial score (nSPS) is 34.6. The third-order valence-corrected chi connectivity index (χ3v) is 3.34. The lowest BCUT2D eigenvalue weighted by molar-refractivity contribution is 0.353. The Balaban J connectivity index is 1.79. The van der Waals surface area contributed by atoms with Crippen molar-refractivity contribution in [3.63, 3.8) is 0 Å². The number of hydrogen-bond acceptors (Lipinski definition) is 2. The van der Waals surface area contributed by atoms with Crippen LogP contribution in [-0.4, -0.2) is 29.4 Å². The monoisotopic (exact) mass is 188 g/mol. The molecular weight excluding hydrogens is 172 g/mol. The maximum Gasteiger partial charge on any atom is 0.0971 e. The lowest BCUT2D eigenvalue weighted by atomic mass is 10.0. The number of aliphatic imine (C=N–C) groups is 1. The first-order chi connectivity index (χ1) is 6.84. The maximum absolute atomic E-state index is 4.68. The van der Waals surface area contributed by atoms with Crippen molar-refractivity contribution in [2.45, 2.75) is 31.8 Å². The van der Waals surface area contributed by atoms with E-state index in [1.807, 2.05) is 0 Å². The van der Waals surface area contributed by atoms with Gasteiger partial charge in [-0.1, -0.05) is 24.3 Å². The second kappa shape index (κ2) is 2.97. The first-order valence-corrected chi connectivity index (χ1v) is 5.50. The van der Waals surface area contributed by atoms with E-state index >= 15 is 0 Å². The summed E-state index contributed by atoms with van der Waals surface area (Å²) in [4.78, 5) is 7.15. The lowest BCUT2D eigenvalue weighted by Crippen LogP contribution is -2.39. The van der Waals surface area contributed by atoms with Crippen molar-refractivity contribution in [2.75, 3.05) is 6.54 Å². The Morgan fingerprint density at radius 2 is 2.14 bits per heavy atom. The Hall–Kier alpha value is -1.05. The third-order valence-electron chi connectivity index (χ3n) is 3.34. The number of rotatable bonds is 2. The van der Waals surface area contributed by atoms with Gasteiger partial charge in [0.2, 0.25) is 0 Å². The van der Waals surface area contributed by atoms with Gasteiger partial charge < -0.3 is 4.90 Å². The summed E-state index contributed by atoms with van der Waals surface area (Å²) >= 11 is 0. The van der Waals surface area contributed by atoms with Gasteiger partial charge in [0.15, 0.2) is 0 Å². The van der Waals surface area contributed by atoms with Crippen LogP contribution in [0.4, 0.5) is 0 Å². The Bertz CT molecular complexity index is 323. The van der Waals surface area contributed by atoms with E-state index in [0.717, 1.165) is 5.92 Å². The molecule has 2 atom stereocenters. The van der Waals surface area contributed by atoms with E-state index in [1.54, 1.807) is 0 Å². The van der Waals surface area contributed by atoms with E-state index < -0.39 is 0 Å². The van der Waals surface area contributed by atoms with E-state index in [-0.39, 0.29) is 0 Å². The molecule has 74 valence electrons. The molecule has 0 aromatic rings. The molecule has 1 heterocycles. The van der Waals surface area contributed by atoms with Crippen molar-refractivity contribution in [2.24, 2.45) is 10.9 Å². The summed E-state index contributed by atoms with van der Waals surface area (Å²) in [5.41, 5.74) is 0. The summed E-state index contributed by atoms with van der Waals surface area (Å²) in [7, 11) is 0. The second-order valence-corrected chi connectivity index (χ2v) is 4.52. The molecule has 1 fully saturated rings. The molecule has 3 rings (SSSR count). The molecule has 1 aliphatic heterocycles. The highest BCUT2D eigenvalue weighted by Crippen LogP contribution is 2.33. The molecule has 0 amide bonds. The Labute approximate surface area is 85.0 Å². The number of allylic oxidation sites excluding steroid dienone is 2. The molecular formula is C12H16N2. The van der Waals surface area contributed by atoms with Gasteiger partial charge >= 0.3 is 0 Å². The van der Waals surface area contributed by atoms with Crippen molar-refractivity contribution in [1.29, 1.82) is 0 Å². The van der Waals surface area contributed by atoms with Gasteiger partial charge in [0.05, 0.1) is 17.9 Å². The van der Waals surface area contributed by atoms with Crippen molar-refractivity contribution in [1.82, 2.24) is 4.90 Å². The minimum absolute atomic E-state index is 0.388.